The SMILES string of the molecule is CCCN1CCCCC(CNC)C1c1ccc(Cl)c(Br)c1. The monoisotopic (exact) mass is 372 g/mol. The Balaban J connectivity index is 2.34. The minimum Gasteiger partial charge on any atom is -0.319 e. The molecule has 21 heavy (non-hydrogen) atoms. The summed E-state index contributed by atoms with van der Waals surface area (Å²) in [6.07, 6.45) is 5.15. The lowest BCUT2D eigenvalue weighted by atomic mass is 9.89. The molecular formula is C17H26BrClN2. The van der Waals surface area contributed by atoms with Gasteiger partial charge in [-0.2, -0.15) is 0 Å². The first-order valence-electron chi connectivity index (χ1n) is 8.01. The largest absolute Gasteiger partial charge is 0.319 e. The van der Waals surface area contributed by atoms with Crippen LogP contribution in [0.25, 0.3) is 0 Å². The van der Waals surface area contributed by atoms with Gasteiger partial charge in [0, 0.05) is 10.5 Å². The van der Waals surface area contributed by atoms with Gasteiger partial charge in [0.25, 0.3) is 0 Å². The van der Waals surface area contributed by atoms with Crippen LogP contribution in [0.4, 0.5) is 0 Å². The summed E-state index contributed by atoms with van der Waals surface area (Å²) in [6, 6.07) is 6.93. The lowest BCUT2D eigenvalue weighted by Crippen LogP contribution is -2.36. The van der Waals surface area contributed by atoms with Crippen molar-refractivity contribution < 1.29 is 0 Å². The molecule has 0 spiro atoms. The van der Waals surface area contributed by atoms with Crippen molar-refractivity contribution in [2.24, 2.45) is 5.92 Å². The molecule has 1 aliphatic heterocycles. The lowest BCUT2D eigenvalue weighted by molar-refractivity contribution is 0.154. The predicted molar refractivity (Wildman–Crippen MR) is 95.0 cm³/mol. The molecule has 0 aromatic heterocycles. The summed E-state index contributed by atoms with van der Waals surface area (Å²) in [5.41, 5.74) is 1.39. The molecule has 1 aromatic rings. The van der Waals surface area contributed by atoms with E-state index in [1.165, 1.54) is 44.3 Å². The van der Waals surface area contributed by atoms with Crippen LogP contribution < -0.4 is 5.32 Å². The maximum atomic E-state index is 6.17. The number of halogens is 2. The van der Waals surface area contributed by atoms with E-state index in [0.29, 0.717) is 12.0 Å². The van der Waals surface area contributed by atoms with E-state index < -0.39 is 0 Å². The van der Waals surface area contributed by atoms with E-state index in [9.17, 15) is 0 Å². The molecule has 1 aromatic carbocycles. The van der Waals surface area contributed by atoms with Crippen LogP contribution in [0.5, 0.6) is 0 Å². The zero-order valence-corrected chi connectivity index (χ0v) is 15.4. The average molecular weight is 374 g/mol. The fourth-order valence-corrected chi connectivity index (χ4v) is 4.02. The second-order valence-electron chi connectivity index (χ2n) is 5.97. The molecule has 1 N–H and O–H groups in total. The standard InChI is InChI=1S/C17H26BrClN2/c1-3-9-21-10-5-4-6-14(12-20-2)17(21)13-7-8-16(19)15(18)11-13/h7-8,11,14,17,20H,3-6,9-10,12H2,1-2H3. The van der Waals surface area contributed by atoms with Gasteiger partial charge in [0.1, 0.15) is 0 Å². The van der Waals surface area contributed by atoms with Crippen molar-refractivity contribution in [1.82, 2.24) is 10.2 Å². The predicted octanol–water partition coefficient (Wildman–Crippen LogP) is 4.88. The maximum absolute atomic E-state index is 6.17. The molecule has 1 aliphatic rings. The van der Waals surface area contributed by atoms with Crippen LogP contribution in [0.15, 0.2) is 22.7 Å². The third kappa shape index (κ3) is 4.44. The molecule has 4 heteroatoms. The summed E-state index contributed by atoms with van der Waals surface area (Å²) in [6.45, 7) is 5.72. The van der Waals surface area contributed by atoms with E-state index in [0.717, 1.165) is 16.0 Å². The van der Waals surface area contributed by atoms with Crippen molar-refractivity contribution in [1.29, 1.82) is 0 Å². The number of hydrogen-bond donors (Lipinski definition) is 1. The van der Waals surface area contributed by atoms with Crippen LogP contribution in [-0.4, -0.2) is 31.6 Å². The minimum atomic E-state index is 0.494. The quantitative estimate of drug-likeness (QED) is 0.791. The molecule has 0 aliphatic carbocycles. The molecule has 118 valence electrons. The molecule has 1 fully saturated rings. The highest BCUT2D eigenvalue weighted by molar-refractivity contribution is 9.10. The second kappa shape index (κ2) is 8.52. The topological polar surface area (TPSA) is 15.3 Å². The van der Waals surface area contributed by atoms with Crippen molar-refractivity contribution in [2.75, 3.05) is 26.7 Å². The highest BCUT2D eigenvalue weighted by Crippen LogP contribution is 2.37. The zero-order chi connectivity index (χ0) is 15.2. The third-order valence-electron chi connectivity index (χ3n) is 4.37. The first-order chi connectivity index (χ1) is 10.2. The molecule has 2 unspecified atom stereocenters. The summed E-state index contributed by atoms with van der Waals surface area (Å²) in [4.78, 5) is 2.67. The zero-order valence-electron chi connectivity index (χ0n) is 13.0. The van der Waals surface area contributed by atoms with E-state index in [1.54, 1.807) is 0 Å². The molecular weight excluding hydrogens is 348 g/mol. The molecule has 0 radical (unpaired) electrons. The number of likely N-dealkylation sites (tertiary alicyclic amines) is 1. The van der Waals surface area contributed by atoms with E-state index in [1.807, 2.05) is 6.07 Å². The van der Waals surface area contributed by atoms with E-state index in [2.05, 4.69) is 52.3 Å². The highest BCUT2D eigenvalue weighted by Gasteiger charge is 2.30. The summed E-state index contributed by atoms with van der Waals surface area (Å²) >= 11 is 9.76. The molecule has 1 heterocycles. The van der Waals surface area contributed by atoms with Crippen LogP contribution in [-0.2, 0) is 0 Å². The number of rotatable bonds is 5. The Kier molecular flexibility index (Phi) is 7.00. The number of nitrogens with zero attached hydrogens (tertiary/aromatic N) is 1. The number of hydrogen-bond acceptors (Lipinski definition) is 2. The van der Waals surface area contributed by atoms with Gasteiger partial charge in [0.05, 0.1) is 5.02 Å². The molecule has 2 nitrogen and oxygen atoms in total. The molecule has 0 saturated carbocycles. The van der Waals surface area contributed by atoms with Gasteiger partial charge in [-0.15, -0.1) is 0 Å². The van der Waals surface area contributed by atoms with Gasteiger partial charge in [-0.1, -0.05) is 31.0 Å². The van der Waals surface area contributed by atoms with Crippen molar-refractivity contribution in [3.63, 3.8) is 0 Å². The fourth-order valence-electron chi connectivity index (χ4n) is 3.51. The Morgan fingerprint density at radius 2 is 2.19 bits per heavy atom. The normalized spacial score (nSPS) is 24.0. The maximum Gasteiger partial charge on any atom is 0.0548 e. The van der Waals surface area contributed by atoms with Crippen LogP contribution in [0, 0.1) is 5.92 Å². The summed E-state index contributed by atoms with van der Waals surface area (Å²) < 4.78 is 1.01. The molecule has 2 rings (SSSR count). The fraction of sp³-hybridized carbons (Fsp3) is 0.647. The van der Waals surface area contributed by atoms with E-state index >= 15 is 0 Å². The van der Waals surface area contributed by atoms with Crippen molar-refractivity contribution in [2.45, 2.75) is 38.6 Å². The highest BCUT2D eigenvalue weighted by atomic mass is 79.9. The third-order valence-corrected chi connectivity index (χ3v) is 5.59. The van der Waals surface area contributed by atoms with Crippen LogP contribution in [0.2, 0.25) is 5.02 Å². The van der Waals surface area contributed by atoms with Gasteiger partial charge in [-0.05, 0) is 85.5 Å². The van der Waals surface area contributed by atoms with Crippen molar-refractivity contribution in [3.05, 3.63) is 33.3 Å². The van der Waals surface area contributed by atoms with Gasteiger partial charge in [0.2, 0.25) is 0 Å². The Morgan fingerprint density at radius 1 is 1.38 bits per heavy atom. The molecule has 0 bridgehead atoms. The van der Waals surface area contributed by atoms with Gasteiger partial charge >= 0.3 is 0 Å². The summed E-state index contributed by atoms with van der Waals surface area (Å²) in [7, 11) is 2.06. The Hall–Kier alpha value is -0.0900. The number of nitrogens with one attached hydrogen (secondary N) is 1. The molecule has 0 amide bonds. The van der Waals surface area contributed by atoms with Gasteiger partial charge < -0.3 is 5.32 Å². The lowest BCUT2D eigenvalue weighted by Gasteiger charge is -2.35. The van der Waals surface area contributed by atoms with Gasteiger partial charge in [-0.3, -0.25) is 4.90 Å². The number of benzene rings is 1. The Bertz CT molecular complexity index is 436. The smallest absolute Gasteiger partial charge is 0.0548 e. The van der Waals surface area contributed by atoms with Gasteiger partial charge in [-0.25, -0.2) is 0 Å². The second-order valence-corrected chi connectivity index (χ2v) is 7.23. The average Bonchev–Trinajstić information content (AvgIpc) is 2.66. The van der Waals surface area contributed by atoms with Crippen LogP contribution >= 0.6 is 27.5 Å². The van der Waals surface area contributed by atoms with E-state index in [-0.39, 0.29) is 0 Å². The Morgan fingerprint density at radius 3 is 2.86 bits per heavy atom. The summed E-state index contributed by atoms with van der Waals surface area (Å²) in [5.74, 6) is 0.664. The van der Waals surface area contributed by atoms with Crippen LogP contribution in [0.1, 0.15) is 44.2 Å². The summed E-state index contributed by atoms with van der Waals surface area (Å²) in [5, 5.41) is 4.18. The van der Waals surface area contributed by atoms with Crippen molar-refractivity contribution >= 4 is 27.5 Å². The van der Waals surface area contributed by atoms with Gasteiger partial charge in [0.15, 0.2) is 0 Å². The van der Waals surface area contributed by atoms with Crippen LogP contribution in [0.3, 0.4) is 0 Å². The first-order valence-corrected chi connectivity index (χ1v) is 9.18. The first kappa shape index (κ1) is 17.3. The van der Waals surface area contributed by atoms with Crippen molar-refractivity contribution in [3.8, 4) is 0 Å². The molecule has 2 atom stereocenters. The minimum absolute atomic E-state index is 0.494. The van der Waals surface area contributed by atoms with E-state index in [4.69, 9.17) is 11.6 Å². The molecule has 1 saturated heterocycles. The Labute approximate surface area is 142 Å².